The van der Waals surface area contributed by atoms with Crippen molar-refractivity contribution < 1.29 is 9.53 Å². The van der Waals surface area contributed by atoms with Crippen LogP contribution in [0.4, 0.5) is 0 Å². The van der Waals surface area contributed by atoms with Crippen LogP contribution >= 0.6 is 12.6 Å². The van der Waals surface area contributed by atoms with Gasteiger partial charge in [-0.1, -0.05) is 77.3 Å². The highest BCUT2D eigenvalue weighted by Crippen LogP contribution is 2.10. The Hall–Kier alpha value is -0.180. The standard InChI is InChI=1S/C14H27O2S/c1-2-3-4-5-6-7-8-9-10-11-12-16-14(15)13-17/h2-13H2,1H3. The Morgan fingerprint density at radius 3 is 1.82 bits per heavy atom. The predicted molar refractivity (Wildman–Crippen MR) is 75.3 cm³/mol. The zero-order chi connectivity index (χ0) is 12.8. The van der Waals surface area contributed by atoms with E-state index >= 15 is 0 Å². The average Bonchev–Trinajstić information content (AvgIpc) is 2.35. The van der Waals surface area contributed by atoms with E-state index < -0.39 is 0 Å². The lowest BCUT2D eigenvalue weighted by atomic mass is 10.1. The molecule has 0 aromatic carbocycles. The molecule has 0 aliphatic carbocycles. The van der Waals surface area contributed by atoms with Gasteiger partial charge in [-0.3, -0.25) is 4.79 Å². The van der Waals surface area contributed by atoms with Gasteiger partial charge in [-0.25, -0.2) is 0 Å². The van der Waals surface area contributed by atoms with Crippen LogP contribution in [-0.2, 0) is 9.53 Å². The molecular formula is C14H27O2S. The van der Waals surface area contributed by atoms with Crippen molar-refractivity contribution in [1.29, 1.82) is 0 Å². The number of hydrogen-bond acceptors (Lipinski definition) is 2. The quantitative estimate of drug-likeness (QED) is 0.377. The van der Waals surface area contributed by atoms with Crippen molar-refractivity contribution in [3.05, 3.63) is 0 Å². The minimum absolute atomic E-state index is 0.0811. The summed E-state index contributed by atoms with van der Waals surface area (Å²) < 4.78 is 4.92. The Kier molecular flexibility index (Phi) is 13.7. The monoisotopic (exact) mass is 259 g/mol. The van der Waals surface area contributed by atoms with Crippen molar-refractivity contribution in [3.63, 3.8) is 0 Å². The summed E-state index contributed by atoms with van der Waals surface area (Å²) in [7, 11) is 0. The van der Waals surface area contributed by atoms with Crippen molar-refractivity contribution in [3.8, 4) is 0 Å². The van der Waals surface area contributed by atoms with Crippen LogP contribution < -0.4 is 0 Å². The lowest BCUT2D eigenvalue weighted by molar-refractivity contribution is -0.140. The molecule has 0 saturated heterocycles. The number of carbonyl (C=O) groups excluding carboxylic acids is 1. The van der Waals surface area contributed by atoms with Gasteiger partial charge in [0.2, 0.25) is 0 Å². The van der Waals surface area contributed by atoms with E-state index in [0.717, 1.165) is 6.42 Å². The molecule has 0 unspecified atom stereocenters. The van der Waals surface area contributed by atoms with Gasteiger partial charge in [0, 0.05) is 0 Å². The first kappa shape index (κ1) is 16.8. The van der Waals surface area contributed by atoms with E-state index in [2.05, 4.69) is 19.6 Å². The van der Waals surface area contributed by atoms with Crippen LogP contribution in [0.2, 0.25) is 0 Å². The Balaban J connectivity index is 2.96. The fraction of sp³-hybridized carbons (Fsp3) is 0.929. The summed E-state index contributed by atoms with van der Waals surface area (Å²) in [6, 6.07) is 0. The topological polar surface area (TPSA) is 26.3 Å². The largest absolute Gasteiger partial charge is 0.465 e. The molecule has 0 spiro atoms. The number of esters is 1. The minimum atomic E-state index is -0.254. The molecule has 0 saturated carbocycles. The zero-order valence-corrected chi connectivity index (χ0v) is 12.0. The lowest BCUT2D eigenvalue weighted by Gasteiger charge is -2.03. The first-order valence-corrected chi connectivity index (χ1v) is 7.62. The Morgan fingerprint density at radius 1 is 0.882 bits per heavy atom. The third kappa shape index (κ3) is 13.8. The van der Waals surface area contributed by atoms with Crippen LogP contribution in [-0.4, -0.2) is 18.3 Å². The summed E-state index contributed by atoms with van der Waals surface area (Å²) in [5, 5.41) is 0. The summed E-state index contributed by atoms with van der Waals surface area (Å²) in [6.07, 6.45) is 13.0. The van der Waals surface area contributed by atoms with Crippen molar-refractivity contribution in [2.75, 3.05) is 12.4 Å². The fourth-order valence-electron chi connectivity index (χ4n) is 1.82. The molecule has 0 amide bonds. The second kappa shape index (κ2) is 13.9. The third-order valence-corrected chi connectivity index (χ3v) is 3.11. The summed E-state index contributed by atoms with van der Waals surface area (Å²) in [5.74, 6) is -0.173. The molecule has 0 atom stereocenters. The molecule has 0 fully saturated rings. The zero-order valence-electron chi connectivity index (χ0n) is 11.2. The van der Waals surface area contributed by atoms with Crippen LogP contribution in [0.5, 0.6) is 0 Å². The van der Waals surface area contributed by atoms with E-state index in [1.165, 1.54) is 57.8 Å². The molecular weight excluding hydrogens is 232 g/mol. The molecule has 101 valence electrons. The van der Waals surface area contributed by atoms with Gasteiger partial charge in [-0.2, -0.15) is 0 Å². The van der Waals surface area contributed by atoms with Gasteiger partial charge in [0.05, 0.1) is 6.61 Å². The average molecular weight is 259 g/mol. The smallest absolute Gasteiger partial charge is 0.316 e. The molecule has 0 aliphatic rings. The van der Waals surface area contributed by atoms with Crippen LogP contribution in [0.3, 0.4) is 0 Å². The molecule has 17 heavy (non-hydrogen) atoms. The van der Waals surface area contributed by atoms with Gasteiger partial charge in [-0.15, -0.1) is 0 Å². The first-order chi connectivity index (χ1) is 8.31. The Bertz CT molecular complexity index is 172. The van der Waals surface area contributed by atoms with Gasteiger partial charge >= 0.3 is 5.97 Å². The number of rotatable bonds is 12. The Morgan fingerprint density at radius 2 is 1.35 bits per heavy atom. The molecule has 0 aromatic heterocycles. The van der Waals surface area contributed by atoms with Gasteiger partial charge in [-0.05, 0) is 6.42 Å². The molecule has 0 N–H and O–H groups in total. The van der Waals surface area contributed by atoms with Gasteiger partial charge < -0.3 is 4.74 Å². The molecule has 0 rings (SSSR count). The van der Waals surface area contributed by atoms with E-state index in [0.29, 0.717) is 6.61 Å². The van der Waals surface area contributed by atoms with Crippen molar-refractivity contribution in [2.45, 2.75) is 71.1 Å². The third-order valence-electron chi connectivity index (χ3n) is 2.88. The van der Waals surface area contributed by atoms with Crippen LogP contribution in [0.25, 0.3) is 0 Å². The second-order valence-corrected chi connectivity index (χ2v) is 4.84. The van der Waals surface area contributed by atoms with E-state index in [9.17, 15) is 4.79 Å². The maximum Gasteiger partial charge on any atom is 0.316 e. The molecule has 0 bridgehead atoms. The SMILES string of the molecule is CCCCCCCCCCCCOC(=O)C[S]. The highest BCUT2D eigenvalue weighted by atomic mass is 32.1. The van der Waals surface area contributed by atoms with Gasteiger partial charge in [0.1, 0.15) is 5.75 Å². The summed E-state index contributed by atoms with van der Waals surface area (Å²) in [6.45, 7) is 2.80. The number of unbranched alkanes of at least 4 members (excludes halogenated alkanes) is 9. The van der Waals surface area contributed by atoms with E-state index in [4.69, 9.17) is 4.74 Å². The van der Waals surface area contributed by atoms with Gasteiger partial charge in [0.25, 0.3) is 0 Å². The highest BCUT2D eigenvalue weighted by molar-refractivity contribution is 7.81. The highest BCUT2D eigenvalue weighted by Gasteiger charge is 1.98. The maximum absolute atomic E-state index is 10.7. The van der Waals surface area contributed by atoms with Crippen molar-refractivity contribution in [2.24, 2.45) is 0 Å². The number of carbonyl (C=O) groups is 1. The van der Waals surface area contributed by atoms with E-state index in [-0.39, 0.29) is 11.7 Å². The lowest BCUT2D eigenvalue weighted by Crippen LogP contribution is -2.06. The minimum Gasteiger partial charge on any atom is -0.465 e. The molecule has 1 radical (unpaired) electrons. The number of hydrogen-bond donors (Lipinski definition) is 0. The van der Waals surface area contributed by atoms with Crippen LogP contribution in [0, 0.1) is 0 Å². The summed E-state index contributed by atoms with van der Waals surface area (Å²) in [5.41, 5.74) is 0. The molecule has 0 aliphatic heterocycles. The van der Waals surface area contributed by atoms with Gasteiger partial charge in [0.15, 0.2) is 0 Å². The van der Waals surface area contributed by atoms with Crippen molar-refractivity contribution >= 4 is 18.6 Å². The molecule has 0 aromatic rings. The second-order valence-electron chi connectivity index (χ2n) is 4.55. The van der Waals surface area contributed by atoms with E-state index in [1.54, 1.807) is 0 Å². The normalized spacial score (nSPS) is 10.5. The van der Waals surface area contributed by atoms with Crippen LogP contribution in [0.1, 0.15) is 71.1 Å². The first-order valence-electron chi connectivity index (χ1n) is 7.05. The summed E-state index contributed by atoms with van der Waals surface area (Å²) >= 11 is 4.58. The fourth-order valence-corrected chi connectivity index (χ4v) is 1.90. The predicted octanol–water partition coefficient (Wildman–Crippen LogP) is 4.65. The maximum atomic E-state index is 10.7. The Labute approximate surface area is 112 Å². The summed E-state index contributed by atoms with van der Waals surface area (Å²) in [4.78, 5) is 10.7. The molecule has 3 heteroatoms. The molecule has 2 nitrogen and oxygen atoms in total. The van der Waals surface area contributed by atoms with E-state index in [1.807, 2.05) is 0 Å². The van der Waals surface area contributed by atoms with Crippen LogP contribution in [0.15, 0.2) is 0 Å². The molecule has 0 heterocycles. The number of ether oxygens (including phenoxy) is 1. The van der Waals surface area contributed by atoms with Crippen molar-refractivity contribution in [1.82, 2.24) is 0 Å².